The maximum Gasteiger partial charge on any atom is 0.326 e. The molecule has 128 valence electrons. The smallest absolute Gasteiger partial charge is 0.326 e. The number of carboxylic acid groups (broad SMARTS) is 1. The topological polar surface area (TPSA) is 104 Å². The van der Waals surface area contributed by atoms with E-state index in [1.165, 1.54) is 4.90 Å². The first-order valence-electron chi connectivity index (χ1n) is 7.91. The summed E-state index contributed by atoms with van der Waals surface area (Å²) in [6, 6.07) is -0.857. The minimum absolute atomic E-state index is 0.162. The predicted molar refractivity (Wildman–Crippen MR) is 85.3 cm³/mol. The number of nitrogens with one attached hydrogen (secondary N) is 1. The van der Waals surface area contributed by atoms with E-state index in [9.17, 15) is 14.7 Å². The summed E-state index contributed by atoms with van der Waals surface area (Å²) in [5.74, 6) is -1.16. The number of aryl methyl sites for hydroxylation is 2. The summed E-state index contributed by atoms with van der Waals surface area (Å²) in [6.45, 7) is 4.15. The highest BCUT2D eigenvalue weighted by Gasteiger charge is 2.35. The molecule has 2 N–H and O–H groups in total. The number of carboxylic acids is 1. The summed E-state index contributed by atoms with van der Waals surface area (Å²) in [7, 11) is 1.87. The number of hydrogen-bond acceptors (Lipinski definition) is 4. The largest absolute Gasteiger partial charge is 0.480 e. The standard InChI is InChI=1S/C16H21N5O3/c1-9-11(10(2)20(3)19-9)4-5-15(22)21-7-13-12(17-8-18-13)6-14(21)16(23)24/h8,14H,4-7H2,1-3H3,(H,17,18)(H,23,24). The zero-order valence-electron chi connectivity index (χ0n) is 14.0. The number of carbonyl (C=O) groups excluding carboxylic acids is 1. The van der Waals surface area contributed by atoms with Crippen molar-refractivity contribution < 1.29 is 14.7 Å². The molecular weight excluding hydrogens is 310 g/mol. The predicted octanol–water partition coefficient (Wildman–Crippen LogP) is 0.731. The Bertz CT molecular complexity index is 792. The molecular formula is C16H21N5O3. The van der Waals surface area contributed by atoms with Gasteiger partial charge in [-0.1, -0.05) is 0 Å². The molecule has 0 spiro atoms. The molecule has 2 aromatic rings. The molecule has 0 saturated carbocycles. The van der Waals surface area contributed by atoms with Crippen LogP contribution in [0.2, 0.25) is 0 Å². The molecule has 8 heteroatoms. The van der Waals surface area contributed by atoms with Gasteiger partial charge in [-0.15, -0.1) is 0 Å². The third-order valence-electron chi connectivity index (χ3n) is 4.75. The van der Waals surface area contributed by atoms with Crippen molar-refractivity contribution in [3.63, 3.8) is 0 Å². The number of aromatic nitrogens is 4. The molecule has 0 aromatic carbocycles. The number of H-pyrrole nitrogens is 1. The number of rotatable bonds is 4. The minimum Gasteiger partial charge on any atom is -0.480 e. The van der Waals surface area contributed by atoms with Crippen molar-refractivity contribution in [2.45, 2.75) is 45.7 Å². The number of amides is 1. The number of fused-ring (bicyclic) bond motifs is 1. The molecule has 1 unspecified atom stereocenters. The lowest BCUT2D eigenvalue weighted by molar-refractivity contribution is -0.151. The Hall–Kier alpha value is -2.64. The lowest BCUT2D eigenvalue weighted by atomic mass is 10.0. The molecule has 1 atom stereocenters. The van der Waals surface area contributed by atoms with Gasteiger partial charge in [-0.25, -0.2) is 9.78 Å². The van der Waals surface area contributed by atoms with Crippen LogP contribution in [0.25, 0.3) is 0 Å². The second kappa shape index (κ2) is 6.10. The van der Waals surface area contributed by atoms with Crippen molar-refractivity contribution in [3.8, 4) is 0 Å². The van der Waals surface area contributed by atoms with Crippen molar-refractivity contribution in [3.05, 3.63) is 34.7 Å². The average Bonchev–Trinajstić information content (AvgIpc) is 3.09. The molecule has 0 radical (unpaired) electrons. The molecule has 8 nitrogen and oxygen atoms in total. The Kier molecular flexibility index (Phi) is 4.13. The van der Waals surface area contributed by atoms with Gasteiger partial charge in [0.15, 0.2) is 0 Å². The Morgan fingerprint density at radius 3 is 2.79 bits per heavy atom. The average molecular weight is 331 g/mol. The fraction of sp³-hybridized carbons (Fsp3) is 0.500. The lowest BCUT2D eigenvalue weighted by Gasteiger charge is -2.32. The molecule has 24 heavy (non-hydrogen) atoms. The highest BCUT2D eigenvalue weighted by atomic mass is 16.4. The maximum atomic E-state index is 12.6. The van der Waals surface area contributed by atoms with Crippen LogP contribution in [0.3, 0.4) is 0 Å². The van der Waals surface area contributed by atoms with Crippen molar-refractivity contribution >= 4 is 11.9 Å². The monoisotopic (exact) mass is 331 g/mol. The Morgan fingerprint density at radius 1 is 1.42 bits per heavy atom. The zero-order valence-corrected chi connectivity index (χ0v) is 14.0. The first-order valence-corrected chi connectivity index (χ1v) is 7.91. The summed E-state index contributed by atoms with van der Waals surface area (Å²) in [6.07, 6.45) is 2.61. The fourth-order valence-corrected chi connectivity index (χ4v) is 3.27. The zero-order chi connectivity index (χ0) is 17.4. The highest BCUT2D eigenvalue weighted by Crippen LogP contribution is 2.23. The number of aromatic amines is 1. The number of aliphatic carboxylic acids is 1. The number of carbonyl (C=O) groups is 2. The van der Waals surface area contributed by atoms with Crippen LogP contribution >= 0.6 is 0 Å². The van der Waals surface area contributed by atoms with Gasteiger partial charge in [0, 0.05) is 25.6 Å². The van der Waals surface area contributed by atoms with Gasteiger partial charge in [0.05, 0.1) is 30.0 Å². The number of hydrogen-bond donors (Lipinski definition) is 2. The van der Waals surface area contributed by atoms with E-state index < -0.39 is 12.0 Å². The van der Waals surface area contributed by atoms with Crippen LogP contribution in [0.1, 0.15) is 34.8 Å². The van der Waals surface area contributed by atoms with E-state index in [1.54, 1.807) is 11.0 Å². The Labute approximate surface area is 139 Å². The van der Waals surface area contributed by atoms with Gasteiger partial charge in [-0.3, -0.25) is 9.48 Å². The Morgan fingerprint density at radius 2 is 2.17 bits per heavy atom. The third kappa shape index (κ3) is 2.79. The molecule has 1 aliphatic rings. The number of imidazole rings is 1. The maximum absolute atomic E-state index is 12.6. The van der Waals surface area contributed by atoms with E-state index in [-0.39, 0.29) is 25.3 Å². The second-order valence-electron chi connectivity index (χ2n) is 6.18. The van der Waals surface area contributed by atoms with E-state index in [2.05, 4.69) is 15.1 Å². The molecule has 1 aliphatic heterocycles. The van der Waals surface area contributed by atoms with E-state index in [1.807, 2.05) is 20.9 Å². The minimum atomic E-state index is -0.995. The third-order valence-corrected chi connectivity index (χ3v) is 4.75. The van der Waals surface area contributed by atoms with Gasteiger partial charge in [-0.05, 0) is 25.8 Å². The van der Waals surface area contributed by atoms with E-state index >= 15 is 0 Å². The van der Waals surface area contributed by atoms with Crippen LogP contribution in [-0.2, 0) is 36.0 Å². The van der Waals surface area contributed by atoms with Gasteiger partial charge in [-0.2, -0.15) is 5.10 Å². The van der Waals surface area contributed by atoms with Crippen molar-refractivity contribution in [1.82, 2.24) is 24.6 Å². The molecule has 2 aromatic heterocycles. The van der Waals surface area contributed by atoms with E-state index in [0.717, 1.165) is 28.3 Å². The molecule has 3 rings (SSSR count). The summed E-state index contributed by atoms with van der Waals surface area (Å²) in [5.41, 5.74) is 4.54. The summed E-state index contributed by atoms with van der Waals surface area (Å²) in [5, 5.41) is 13.8. The van der Waals surface area contributed by atoms with E-state index in [0.29, 0.717) is 6.42 Å². The Balaban J connectivity index is 1.75. The van der Waals surface area contributed by atoms with Crippen molar-refractivity contribution in [2.75, 3.05) is 0 Å². The van der Waals surface area contributed by atoms with Crippen LogP contribution in [0, 0.1) is 13.8 Å². The first-order chi connectivity index (χ1) is 11.4. The SMILES string of the molecule is Cc1nn(C)c(C)c1CCC(=O)N1Cc2[nH]cnc2CC1C(=O)O. The van der Waals surface area contributed by atoms with Crippen LogP contribution in [-0.4, -0.2) is 47.7 Å². The van der Waals surface area contributed by atoms with Gasteiger partial charge in [0.1, 0.15) is 6.04 Å². The number of nitrogens with zero attached hydrogens (tertiary/aromatic N) is 4. The van der Waals surface area contributed by atoms with Crippen LogP contribution in [0.5, 0.6) is 0 Å². The van der Waals surface area contributed by atoms with Gasteiger partial charge in [0.25, 0.3) is 0 Å². The highest BCUT2D eigenvalue weighted by molar-refractivity contribution is 5.84. The summed E-state index contributed by atoms with van der Waals surface area (Å²) in [4.78, 5) is 32.7. The normalized spacial score (nSPS) is 17.0. The van der Waals surface area contributed by atoms with Crippen molar-refractivity contribution in [2.24, 2.45) is 7.05 Å². The molecule has 3 heterocycles. The molecule has 0 bridgehead atoms. The molecule has 0 fully saturated rings. The van der Waals surface area contributed by atoms with Crippen LogP contribution in [0.15, 0.2) is 6.33 Å². The van der Waals surface area contributed by atoms with Crippen LogP contribution in [0.4, 0.5) is 0 Å². The summed E-state index contributed by atoms with van der Waals surface area (Å²) < 4.78 is 1.80. The summed E-state index contributed by atoms with van der Waals surface area (Å²) >= 11 is 0. The van der Waals surface area contributed by atoms with E-state index in [4.69, 9.17) is 0 Å². The fourth-order valence-electron chi connectivity index (χ4n) is 3.27. The molecule has 0 saturated heterocycles. The molecule has 0 aliphatic carbocycles. The molecule has 1 amide bonds. The lowest BCUT2D eigenvalue weighted by Crippen LogP contribution is -2.48. The van der Waals surface area contributed by atoms with Gasteiger partial charge in [0.2, 0.25) is 5.91 Å². The van der Waals surface area contributed by atoms with Crippen LogP contribution < -0.4 is 0 Å². The van der Waals surface area contributed by atoms with Gasteiger partial charge >= 0.3 is 5.97 Å². The van der Waals surface area contributed by atoms with Gasteiger partial charge < -0.3 is 15.0 Å². The van der Waals surface area contributed by atoms with Crippen molar-refractivity contribution in [1.29, 1.82) is 0 Å². The quantitative estimate of drug-likeness (QED) is 0.859. The second-order valence-corrected chi connectivity index (χ2v) is 6.18. The first kappa shape index (κ1) is 16.2.